The lowest BCUT2D eigenvalue weighted by Gasteiger charge is -2.03. The summed E-state index contributed by atoms with van der Waals surface area (Å²) in [6.07, 6.45) is 7.52. The largest absolute Gasteiger partial charge is 0.476 e. The van der Waals surface area contributed by atoms with E-state index >= 15 is 0 Å². The molecule has 1 aromatic rings. The van der Waals surface area contributed by atoms with Crippen LogP contribution in [0, 0.1) is 0 Å². The summed E-state index contributed by atoms with van der Waals surface area (Å²) in [5, 5.41) is 7.30. The van der Waals surface area contributed by atoms with Gasteiger partial charge in [0, 0.05) is 0 Å². The number of hydrogen-bond acceptors (Lipinski definition) is 4. The Kier molecular flexibility index (Phi) is 6.00. The second-order valence-corrected chi connectivity index (χ2v) is 3.66. The Hall–Kier alpha value is -0.900. The molecule has 0 N–H and O–H groups in total. The van der Waals surface area contributed by atoms with Crippen LogP contribution in [0.5, 0.6) is 5.88 Å². The Morgan fingerprint density at radius 2 is 2.07 bits per heavy atom. The molecule has 84 valence electrons. The fourth-order valence-electron chi connectivity index (χ4n) is 1.22. The predicted molar refractivity (Wildman–Crippen MR) is 59.1 cm³/mol. The van der Waals surface area contributed by atoms with E-state index < -0.39 is 0 Å². The van der Waals surface area contributed by atoms with Crippen LogP contribution in [0.15, 0.2) is 6.20 Å². The lowest BCUT2D eigenvalue weighted by molar-refractivity contribution is 0.291. The van der Waals surface area contributed by atoms with Gasteiger partial charge in [0.2, 0.25) is 11.2 Å². The van der Waals surface area contributed by atoms with Crippen LogP contribution in [0.1, 0.15) is 39.0 Å². The molecule has 0 saturated carbocycles. The smallest absolute Gasteiger partial charge is 0.246 e. The van der Waals surface area contributed by atoms with Gasteiger partial charge in [-0.2, -0.15) is 10.1 Å². The van der Waals surface area contributed by atoms with Crippen molar-refractivity contribution in [2.45, 2.75) is 39.0 Å². The van der Waals surface area contributed by atoms with Gasteiger partial charge in [0.1, 0.15) is 6.20 Å². The summed E-state index contributed by atoms with van der Waals surface area (Å²) in [5.41, 5.74) is 0. The van der Waals surface area contributed by atoms with Gasteiger partial charge in [0.15, 0.2) is 0 Å². The second-order valence-electron chi connectivity index (χ2n) is 3.33. The molecule has 0 unspecified atom stereocenters. The van der Waals surface area contributed by atoms with Crippen molar-refractivity contribution in [3.63, 3.8) is 0 Å². The normalized spacial score (nSPS) is 10.3. The lowest BCUT2D eigenvalue weighted by atomic mass is 10.2. The second kappa shape index (κ2) is 7.40. The minimum atomic E-state index is 0.124. The van der Waals surface area contributed by atoms with E-state index in [9.17, 15) is 0 Å². The van der Waals surface area contributed by atoms with E-state index in [1.54, 1.807) is 0 Å². The molecule has 0 aliphatic carbocycles. The van der Waals surface area contributed by atoms with Crippen LogP contribution in [0.4, 0.5) is 0 Å². The minimum absolute atomic E-state index is 0.124. The monoisotopic (exact) mass is 229 g/mol. The highest BCUT2D eigenvalue weighted by atomic mass is 35.5. The molecular weight excluding hydrogens is 214 g/mol. The topological polar surface area (TPSA) is 47.9 Å². The summed E-state index contributed by atoms with van der Waals surface area (Å²) in [6, 6.07) is 0. The van der Waals surface area contributed by atoms with E-state index in [0.29, 0.717) is 12.5 Å². The van der Waals surface area contributed by atoms with Gasteiger partial charge in [-0.3, -0.25) is 0 Å². The average molecular weight is 230 g/mol. The molecular formula is C10H16ClN3O. The molecule has 1 rings (SSSR count). The molecule has 0 saturated heterocycles. The third kappa shape index (κ3) is 5.52. The van der Waals surface area contributed by atoms with Crippen LogP contribution in [0.3, 0.4) is 0 Å². The summed E-state index contributed by atoms with van der Waals surface area (Å²) in [4.78, 5) is 3.88. The molecule has 0 radical (unpaired) electrons. The Morgan fingerprint density at radius 1 is 1.27 bits per heavy atom. The van der Waals surface area contributed by atoms with Gasteiger partial charge in [-0.15, -0.1) is 5.10 Å². The molecule has 5 heteroatoms. The van der Waals surface area contributed by atoms with Crippen LogP contribution < -0.4 is 4.74 Å². The number of nitrogens with zero attached hydrogens (tertiary/aromatic N) is 3. The molecule has 0 aliphatic rings. The standard InChI is InChI=1S/C10H16ClN3O/c1-2-3-4-5-6-7-15-9-8-12-14-10(11)13-9/h8H,2-7H2,1H3. The first kappa shape index (κ1) is 12.2. The Balaban J connectivity index is 2.10. The Bertz CT molecular complexity index is 283. The molecule has 1 aromatic heterocycles. The number of aromatic nitrogens is 3. The summed E-state index contributed by atoms with van der Waals surface area (Å²) in [6.45, 7) is 2.86. The highest BCUT2D eigenvalue weighted by Crippen LogP contribution is 2.08. The first-order valence-electron chi connectivity index (χ1n) is 5.31. The fourth-order valence-corrected chi connectivity index (χ4v) is 1.35. The third-order valence-electron chi connectivity index (χ3n) is 2.01. The molecule has 0 atom stereocenters. The van der Waals surface area contributed by atoms with E-state index in [1.807, 2.05) is 0 Å². The summed E-state index contributed by atoms with van der Waals surface area (Å²) in [7, 11) is 0. The SMILES string of the molecule is CCCCCCCOc1cnnc(Cl)n1. The number of ether oxygens (including phenoxy) is 1. The van der Waals surface area contributed by atoms with Crippen LogP contribution >= 0.6 is 11.6 Å². The highest BCUT2D eigenvalue weighted by Gasteiger charge is 1.98. The maximum atomic E-state index is 5.56. The van der Waals surface area contributed by atoms with Crippen molar-refractivity contribution in [3.05, 3.63) is 11.5 Å². The molecule has 1 heterocycles. The summed E-state index contributed by atoms with van der Waals surface area (Å²) in [5.74, 6) is 0.450. The maximum absolute atomic E-state index is 5.56. The molecule has 0 aromatic carbocycles. The Labute approximate surface area is 95.0 Å². The number of unbranched alkanes of at least 4 members (excludes halogenated alkanes) is 4. The lowest BCUT2D eigenvalue weighted by Crippen LogP contribution is -2.00. The molecule has 0 amide bonds. The van der Waals surface area contributed by atoms with Crippen molar-refractivity contribution in [2.24, 2.45) is 0 Å². The van der Waals surface area contributed by atoms with Gasteiger partial charge in [-0.25, -0.2) is 0 Å². The quantitative estimate of drug-likeness (QED) is 0.675. The fraction of sp³-hybridized carbons (Fsp3) is 0.700. The van der Waals surface area contributed by atoms with Gasteiger partial charge in [-0.1, -0.05) is 32.6 Å². The summed E-state index contributed by atoms with van der Waals surface area (Å²) >= 11 is 5.56. The van der Waals surface area contributed by atoms with Gasteiger partial charge in [0.25, 0.3) is 0 Å². The van der Waals surface area contributed by atoms with Crippen molar-refractivity contribution >= 4 is 11.6 Å². The van der Waals surface area contributed by atoms with E-state index in [4.69, 9.17) is 16.3 Å². The highest BCUT2D eigenvalue weighted by molar-refractivity contribution is 6.28. The van der Waals surface area contributed by atoms with Crippen LogP contribution in [0.25, 0.3) is 0 Å². The van der Waals surface area contributed by atoms with E-state index in [0.717, 1.165) is 6.42 Å². The first-order chi connectivity index (χ1) is 7.33. The van der Waals surface area contributed by atoms with Crippen molar-refractivity contribution in [1.82, 2.24) is 15.2 Å². The molecule has 0 bridgehead atoms. The zero-order valence-electron chi connectivity index (χ0n) is 8.95. The molecule has 15 heavy (non-hydrogen) atoms. The Morgan fingerprint density at radius 3 is 2.80 bits per heavy atom. The number of rotatable bonds is 7. The van der Waals surface area contributed by atoms with Crippen LogP contribution in [-0.4, -0.2) is 21.8 Å². The van der Waals surface area contributed by atoms with Gasteiger partial charge >= 0.3 is 0 Å². The minimum Gasteiger partial charge on any atom is -0.476 e. The van der Waals surface area contributed by atoms with Gasteiger partial charge < -0.3 is 4.74 Å². The van der Waals surface area contributed by atoms with Crippen LogP contribution in [0.2, 0.25) is 5.28 Å². The maximum Gasteiger partial charge on any atom is 0.246 e. The van der Waals surface area contributed by atoms with Crippen molar-refractivity contribution in [3.8, 4) is 5.88 Å². The molecule has 4 nitrogen and oxygen atoms in total. The average Bonchev–Trinajstić information content (AvgIpc) is 2.23. The zero-order valence-corrected chi connectivity index (χ0v) is 9.70. The van der Waals surface area contributed by atoms with Gasteiger partial charge in [0.05, 0.1) is 6.61 Å². The number of halogens is 1. The molecule has 0 aliphatic heterocycles. The number of hydrogen-bond donors (Lipinski definition) is 0. The third-order valence-corrected chi connectivity index (χ3v) is 2.17. The van der Waals surface area contributed by atoms with Crippen molar-refractivity contribution < 1.29 is 4.74 Å². The van der Waals surface area contributed by atoms with E-state index in [1.165, 1.54) is 31.9 Å². The van der Waals surface area contributed by atoms with Crippen molar-refractivity contribution in [2.75, 3.05) is 6.61 Å². The summed E-state index contributed by atoms with van der Waals surface area (Å²) < 4.78 is 5.37. The van der Waals surface area contributed by atoms with Crippen molar-refractivity contribution in [1.29, 1.82) is 0 Å². The van der Waals surface area contributed by atoms with Crippen LogP contribution in [-0.2, 0) is 0 Å². The van der Waals surface area contributed by atoms with E-state index in [-0.39, 0.29) is 5.28 Å². The zero-order chi connectivity index (χ0) is 10.9. The first-order valence-corrected chi connectivity index (χ1v) is 5.68. The van der Waals surface area contributed by atoms with Gasteiger partial charge in [-0.05, 0) is 18.0 Å². The molecule has 0 spiro atoms. The van der Waals surface area contributed by atoms with E-state index in [2.05, 4.69) is 22.1 Å². The molecule has 0 fully saturated rings. The predicted octanol–water partition coefficient (Wildman–Crippen LogP) is 2.87.